The van der Waals surface area contributed by atoms with Crippen LogP contribution in [0.25, 0.3) is 44.9 Å². The van der Waals surface area contributed by atoms with Crippen LogP contribution in [0.5, 0.6) is 0 Å². The number of nitrogens with zero attached hydrogens (tertiary/aromatic N) is 2. The maximum Gasteiger partial charge on any atom is 0.156 e. The van der Waals surface area contributed by atoms with E-state index in [-0.39, 0.29) is 16.9 Å². The van der Waals surface area contributed by atoms with Gasteiger partial charge in [0.15, 0.2) is 11.6 Å². The molecule has 5 nitrogen and oxygen atoms in total. The molecule has 1 aliphatic rings. The molecule has 4 aromatic carbocycles. The van der Waals surface area contributed by atoms with Gasteiger partial charge < -0.3 is 17.2 Å². The molecule has 6 N–H and O–H groups in total. The Labute approximate surface area is 229 Å². The zero-order chi connectivity index (χ0) is 27.3. The number of nitrogens with two attached hydrogens (primary N) is 3. The van der Waals surface area contributed by atoms with Crippen LogP contribution in [0.1, 0.15) is 16.7 Å². The van der Waals surface area contributed by atoms with Gasteiger partial charge in [-0.25, -0.2) is 18.2 Å². The Bertz CT molecular complexity index is 1790. The Morgan fingerprint density at radius 1 is 0.744 bits per heavy atom. The lowest BCUT2D eigenvalue weighted by atomic mass is 9.80. The van der Waals surface area contributed by atoms with Crippen molar-refractivity contribution in [3.8, 4) is 22.4 Å². The fourth-order valence-corrected chi connectivity index (χ4v) is 5.37. The van der Waals surface area contributed by atoms with Crippen molar-refractivity contribution in [2.75, 3.05) is 11.5 Å². The van der Waals surface area contributed by atoms with E-state index < -0.39 is 17.7 Å². The van der Waals surface area contributed by atoms with Crippen LogP contribution in [0, 0.1) is 11.6 Å². The van der Waals surface area contributed by atoms with Crippen molar-refractivity contribution in [1.29, 1.82) is 0 Å². The number of para-hydroxylation sites is 1. The fourth-order valence-electron chi connectivity index (χ4n) is 5.14. The summed E-state index contributed by atoms with van der Waals surface area (Å²) in [6.45, 7) is 0. The molecule has 1 heterocycles. The number of rotatable bonds is 3. The lowest BCUT2D eigenvalue weighted by Gasteiger charge is -2.27. The summed E-state index contributed by atoms with van der Waals surface area (Å²) in [5.41, 5.74) is 24.2. The van der Waals surface area contributed by atoms with Crippen LogP contribution in [0.2, 0.25) is 0 Å². The molecule has 1 unspecified atom stereocenters. The van der Waals surface area contributed by atoms with Crippen LogP contribution in [0.4, 0.5) is 20.2 Å². The average molecular weight is 536 g/mol. The molecule has 0 saturated carbocycles. The van der Waals surface area contributed by atoms with Gasteiger partial charge in [0.1, 0.15) is 0 Å². The molecule has 5 aromatic rings. The molecule has 39 heavy (non-hydrogen) atoms. The minimum atomic E-state index is -0.855. The highest BCUT2D eigenvalue weighted by molar-refractivity contribution is 7.79. The van der Waals surface area contributed by atoms with E-state index in [4.69, 9.17) is 22.2 Å². The quantitative estimate of drug-likeness (QED) is 0.156. The lowest BCUT2D eigenvalue weighted by molar-refractivity contribution is 0.595. The second kappa shape index (κ2) is 9.65. The Morgan fingerprint density at radius 3 is 2.03 bits per heavy atom. The Balaban J connectivity index is 1.56. The van der Waals surface area contributed by atoms with Gasteiger partial charge in [0, 0.05) is 22.1 Å². The van der Waals surface area contributed by atoms with E-state index in [1.807, 2.05) is 60.7 Å². The van der Waals surface area contributed by atoms with E-state index in [2.05, 4.69) is 17.2 Å². The first-order chi connectivity index (χ1) is 18.9. The van der Waals surface area contributed by atoms with E-state index in [9.17, 15) is 8.78 Å². The lowest BCUT2D eigenvalue weighted by Crippen LogP contribution is -2.35. The molecule has 0 saturated heterocycles. The van der Waals surface area contributed by atoms with Crippen LogP contribution in [0.15, 0.2) is 89.3 Å². The standard InChI is InChI=1S/C31H23F2N5S/c32-27-22(34)15-23(35)28(33)25(27)17-12-10-16(11-13-17)20-14-21-26(31(38-39)29(20)36)19-8-4-5-9-24(19)37-30(21)18-6-2-1-3-7-18/h1-15,29,39H,34-36H2. The number of thiol groups is 1. The molecule has 0 aliphatic heterocycles. The molecular formula is C31H23F2N5S. The summed E-state index contributed by atoms with van der Waals surface area (Å²) >= 11 is 4.31. The number of pyridine rings is 1. The number of hydrogen-bond acceptors (Lipinski definition) is 6. The topological polar surface area (TPSA) is 103 Å². The second-order valence-electron chi connectivity index (χ2n) is 9.33. The Morgan fingerprint density at radius 2 is 1.36 bits per heavy atom. The highest BCUT2D eigenvalue weighted by Crippen LogP contribution is 2.40. The van der Waals surface area contributed by atoms with Crippen molar-refractivity contribution < 1.29 is 8.78 Å². The number of anilines is 2. The summed E-state index contributed by atoms with van der Waals surface area (Å²) in [6, 6.07) is 25.0. The van der Waals surface area contributed by atoms with E-state index in [0.29, 0.717) is 11.3 Å². The number of benzene rings is 4. The summed E-state index contributed by atoms with van der Waals surface area (Å²) in [4.78, 5) is 5.00. The van der Waals surface area contributed by atoms with Crippen LogP contribution < -0.4 is 17.2 Å². The molecule has 1 aromatic heterocycles. The van der Waals surface area contributed by atoms with Crippen molar-refractivity contribution in [2.24, 2.45) is 10.1 Å². The predicted molar refractivity (Wildman–Crippen MR) is 159 cm³/mol. The first-order valence-corrected chi connectivity index (χ1v) is 12.6. The van der Waals surface area contributed by atoms with Gasteiger partial charge in [-0.3, -0.25) is 0 Å². The number of fused-ring (bicyclic) bond motifs is 3. The van der Waals surface area contributed by atoms with Gasteiger partial charge >= 0.3 is 0 Å². The van der Waals surface area contributed by atoms with Crippen molar-refractivity contribution in [3.63, 3.8) is 0 Å². The summed E-state index contributed by atoms with van der Waals surface area (Å²) in [6.07, 6.45) is 2.01. The zero-order valence-electron chi connectivity index (χ0n) is 20.6. The van der Waals surface area contributed by atoms with E-state index in [0.717, 1.165) is 50.5 Å². The molecule has 1 aliphatic carbocycles. The molecular weight excluding hydrogens is 512 g/mol. The van der Waals surface area contributed by atoms with Gasteiger partial charge in [-0.1, -0.05) is 72.8 Å². The van der Waals surface area contributed by atoms with Crippen LogP contribution in [0.3, 0.4) is 0 Å². The molecule has 0 bridgehead atoms. The third kappa shape index (κ3) is 4.05. The van der Waals surface area contributed by atoms with Crippen LogP contribution in [-0.4, -0.2) is 16.7 Å². The van der Waals surface area contributed by atoms with Crippen molar-refractivity contribution in [1.82, 2.24) is 4.98 Å². The summed E-state index contributed by atoms with van der Waals surface area (Å²) in [5, 5.41) is 0.922. The van der Waals surface area contributed by atoms with Gasteiger partial charge in [-0.15, -0.1) is 0 Å². The largest absolute Gasteiger partial charge is 0.396 e. The molecule has 0 radical (unpaired) electrons. The van der Waals surface area contributed by atoms with E-state index in [1.54, 1.807) is 24.3 Å². The van der Waals surface area contributed by atoms with Crippen LogP contribution >= 0.6 is 12.8 Å². The van der Waals surface area contributed by atoms with Gasteiger partial charge in [-0.05, 0) is 47.7 Å². The number of nitrogen functional groups attached to an aromatic ring is 2. The normalized spacial score (nSPS) is 15.8. The molecule has 0 spiro atoms. The fraction of sp³-hybridized carbons (Fsp3) is 0.0323. The van der Waals surface area contributed by atoms with Crippen molar-refractivity contribution >= 4 is 52.5 Å². The third-order valence-electron chi connectivity index (χ3n) is 7.03. The minimum absolute atomic E-state index is 0.218. The Hall–Kier alpha value is -4.53. The molecule has 8 heteroatoms. The monoisotopic (exact) mass is 535 g/mol. The van der Waals surface area contributed by atoms with Crippen molar-refractivity contribution in [2.45, 2.75) is 6.04 Å². The molecule has 0 fully saturated rings. The molecule has 1 atom stereocenters. The Kier molecular flexibility index (Phi) is 6.13. The molecule has 192 valence electrons. The van der Waals surface area contributed by atoms with E-state index in [1.165, 1.54) is 0 Å². The molecule has 6 rings (SSSR count). The summed E-state index contributed by atoms with van der Waals surface area (Å²) < 4.78 is 33.8. The number of hydrogen-bond donors (Lipinski definition) is 4. The first-order valence-electron chi connectivity index (χ1n) is 12.2. The van der Waals surface area contributed by atoms with Crippen LogP contribution in [-0.2, 0) is 0 Å². The minimum Gasteiger partial charge on any atom is -0.396 e. The first kappa shape index (κ1) is 24.8. The highest BCUT2D eigenvalue weighted by Gasteiger charge is 2.30. The summed E-state index contributed by atoms with van der Waals surface area (Å²) in [7, 11) is 0. The predicted octanol–water partition coefficient (Wildman–Crippen LogP) is 6.53. The maximum absolute atomic E-state index is 14.8. The second-order valence-corrected chi connectivity index (χ2v) is 9.53. The maximum atomic E-state index is 14.8. The van der Waals surface area contributed by atoms with Gasteiger partial charge in [0.05, 0.1) is 39.9 Å². The summed E-state index contributed by atoms with van der Waals surface area (Å²) in [5.74, 6) is -1.71. The third-order valence-corrected chi connectivity index (χ3v) is 7.25. The molecule has 0 amide bonds. The smallest absolute Gasteiger partial charge is 0.156 e. The number of aromatic nitrogens is 1. The van der Waals surface area contributed by atoms with Gasteiger partial charge in [0.25, 0.3) is 0 Å². The van der Waals surface area contributed by atoms with E-state index >= 15 is 0 Å². The van der Waals surface area contributed by atoms with Gasteiger partial charge in [-0.2, -0.15) is 0 Å². The zero-order valence-corrected chi connectivity index (χ0v) is 21.5. The van der Waals surface area contributed by atoms with Gasteiger partial charge in [0.2, 0.25) is 0 Å². The average Bonchev–Trinajstić information content (AvgIpc) is 2.96. The SMILES string of the molecule is Nc1cc(N)c(F)c(-c2ccc(C3=Cc4c(-c5ccccc5)nc5ccccc5c4C(=NS)C3N)cc2)c1F. The van der Waals surface area contributed by atoms with Crippen molar-refractivity contribution in [3.05, 3.63) is 113 Å². The number of halogens is 2. The highest BCUT2D eigenvalue weighted by atomic mass is 32.1.